The molecule has 0 fully saturated rings. The van der Waals surface area contributed by atoms with Crippen molar-refractivity contribution in [2.45, 2.75) is 27.2 Å². The zero-order valence-corrected chi connectivity index (χ0v) is 8.33. The number of H-pyrrole nitrogens is 1. The number of pyridine rings is 1. The van der Waals surface area contributed by atoms with Crippen molar-refractivity contribution in [2.75, 3.05) is 0 Å². The van der Waals surface area contributed by atoms with Crippen molar-refractivity contribution in [3.8, 4) is 0 Å². The number of nitrogens with one attached hydrogen (secondary N) is 1. The molecule has 3 nitrogen and oxygen atoms in total. The van der Waals surface area contributed by atoms with Crippen LogP contribution in [0.1, 0.15) is 26.5 Å². The maximum Gasteiger partial charge on any atom is 0.108 e. The van der Waals surface area contributed by atoms with E-state index in [1.807, 2.05) is 26.0 Å². The lowest BCUT2D eigenvalue weighted by molar-refractivity contribution is 1.06. The van der Waals surface area contributed by atoms with Gasteiger partial charge in [0.05, 0.1) is 11.7 Å². The van der Waals surface area contributed by atoms with Crippen LogP contribution in [0, 0.1) is 0 Å². The lowest BCUT2D eigenvalue weighted by atomic mass is 10.3. The number of aryl methyl sites for hydroxylation is 1. The van der Waals surface area contributed by atoms with Gasteiger partial charge in [-0.3, -0.25) is 5.10 Å². The van der Waals surface area contributed by atoms with Gasteiger partial charge in [-0.1, -0.05) is 20.8 Å². The number of aromatic amines is 1. The van der Waals surface area contributed by atoms with Crippen molar-refractivity contribution < 1.29 is 0 Å². The van der Waals surface area contributed by atoms with Crippen LogP contribution in [0.25, 0.3) is 11.0 Å². The third-order valence-corrected chi connectivity index (χ3v) is 1.72. The second-order valence-corrected chi connectivity index (χ2v) is 2.46. The van der Waals surface area contributed by atoms with Crippen molar-refractivity contribution in [1.82, 2.24) is 15.2 Å². The standard InChI is InChI=1S/C8H9N3.C2H6/c1-2-6-3-4-7-8(10-6)5-9-11-7;1-2/h3-5H,2H2,1H3,(H,9,11);1-2H3. The molecule has 1 N–H and O–H groups in total. The first-order valence-corrected chi connectivity index (χ1v) is 4.69. The molecule has 0 aliphatic carbocycles. The van der Waals surface area contributed by atoms with Crippen LogP contribution in [0.3, 0.4) is 0 Å². The Hall–Kier alpha value is -1.38. The summed E-state index contributed by atoms with van der Waals surface area (Å²) in [4.78, 5) is 4.36. The average Bonchev–Trinajstić information content (AvgIpc) is 2.67. The summed E-state index contributed by atoms with van der Waals surface area (Å²) >= 11 is 0. The van der Waals surface area contributed by atoms with Crippen LogP contribution in [-0.4, -0.2) is 15.2 Å². The Balaban J connectivity index is 0.000000396. The third-order valence-electron chi connectivity index (χ3n) is 1.72. The zero-order valence-electron chi connectivity index (χ0n) is 8.33. The highest BCUT2D eigenvalue weighted by molar-refractivity contribution is 5.72. The summed E-state index contributed by atoms with van der Waals surface area (Å²) in [6.07, 6.45) is 2.72. The first-order chi connectivity index (χ1) is 6.40. The Bertz CT molecular complexity index is 365. The van der Waals surface area contributed by atoms with Gasteiger partial charge < -0.3 is 0 Å². The van der Waals surface area contributed by atoms with E-state index in [1.165, 1.54) is 0 Å². The monoisotopic (exact) mass is 177 g/mol. The SMILES string of the molecule is CC.CCc1ccc2[nH]ncc2n1. The highest BCUT2D eigenvalue weighted by Gasteiger charge is 1.96. The van der Waals surface area contributed by atoms with E-state index in [0.29, 0.717) is 0 Å². The number of nitrogens with zero attached hydrogens (tertiary/aromatic N) is 2. The van der Waals surface area contributed by atoms with Gasteiger partial charge in [0.25, 0.3) is 0 Å². The summed E-state index contributed by atoms with van der Waals surface area (Å²) in [6, 6.07) is 4.02. The summed E-state index contributed by atoms with van der Waals surface area (Å²) < 4.78 is 0. The Kier molecular flexibility index (Phi) is 3.43. The number of aromatic nitrogens is 3. The summed E-state index contributed by atoms with van der Waals surface area (Å²) in [5.41, 5.74) is 3.06. The Labute approximate surface area is 78.2 Å². The summed E-state index contributed by atoms with van der Waals surface area (Å²) in [6.45, 7) is 6.09. The molecule has 0 unspecified atom stereocenters. The Morgan fingerprint density at radius 1 is 1.31 bits per heavy atom. The second-order valence-electron chi connectivity index (χ2n) is 2.46. The number of hydrogen-bond donors (Lipinski definition) is 1. The fourth-order valence-corrected chi connectivity index (χ4v) is 1.07. The molecule has 2 heterocycles. The van der Waals surface area contributed by atoms with Crippen molar-refractivity contribution in [3.05, 3.63) is 24.0 Å². The van der Waals surface area contributed by atoms with E-state index < -0.39 is 0 Å². The Morgan fingerprint density at radius 3 is 2.77 bits per heavy atom. The molecule has 0 saturated carbocycles. The molecule has 3 heteroatoms. The third kappa shape index (κ3) is 2.05. The zero-order chi connectivity index (χ0) is 9.68. The maximum atomic E-state index is 4.36. The molecular weight excluding hydrogens is 162 g/mol. The smallest absolute Gasteiger partial charge is 0.108 e. The fourth-order valence-electron chi connectivity index (χ4n) is 1.07. The number of rotatable bonds is 1. The molecule has 0 radical (unpaired) electrons. The molecule has 0 atom stereocenters. The van der Waals surface area contributed by atoms with Crippen molar-refractivity contribution >= 4 is 11.0 Å². The molecule has 13 heavy (non-hydrogen) atoms. The lowest BCUT2D eigenvalue weighted by Gasteiger charge is -1.93. The second kappa shape index (κ2) is 4.60. The van der Waals surface area contributed by atoms with Crippen LogP contribution in [0.15, 0.2) is 18.3 Å². The predicted molar refractivity (Wildman–Crippen MR) is 54.6 cm³/mol. The van der Waals surface area contributed by atoms with Crippen molar-refractivity contribution in [3.63, 3.8) is 0 Å². The Morgan fingerprint density at radius 2 is 2.08 bits per heavy atom. The molecule has 2 rings (SSSR count). The molecule has 0 spiro atoms. The van der Waals surface area contributed by atoms with Crippen LogP contribution >= 0.6 is 0 Å². The van der Waals surface area contributed by atoms with Gasteiger partial charge in [0.15, 0.2) is 0 Å². The molecular formula is C10H15N3. The number of hydrogen-bond acceptors (Lipinski definition) is 2. The molecule has 0 aromatic carbocycles. The van der Waals surface area contributed by atoms with Crippen LogP contribution in [0.4, 0.5) is 0 Å². The van der Waals surface area contributed by atoms with E-state index in [9.17, 15) is 0 Å². The van der Waals surface area contributed by atoms with E-state index in [-0.39, 0.29) is 0 Å². The van der Waals surface area contributed by atoms with Gasteiger partial charge in [-0.15, -0.1) is 0 Å². The quantitative estimate of drug-likeness (QED) is 0.727. The highest BCUT2D eigenvalue weighted by atomic mass is 15.1. The number of fused-ring (bicyclic) bond motifs is 1. The van der Waals surface area contributed by atoms with Crippen LogP contribution in [0.2, 0.25) is 0 Å². The van der Waals surface area contributed by atoms with Crippen LogP contribution in [-0.2, 0) is 6.42 Å². The molecule has 2 aromatic rings. The molecule has 0 aliphatic rings. The van der Waals surface area contributed by atoms with Crippen LogP contribution in [0.5, 0.6) is 0 Å². The normalized spacial score (nSPS) is 9.46. The highest BCUT2D eigenvalue weighted by Crippen LogP contribution is 2.07. The van der Waals surface area contributed by atoms with Gasteiger partial charge >= 0.3 is 0 Å². The summed E-state index contributed by atoms with van der Waals surface area (Å²) in [7, 11) is 0. The van der Waals surface area contributed by atoms with Gasteiger partial charge in [0.1, 0.15) is 5.52 Å². The first kappa shape index (κ1) is 9.71. The summed E-state index contributed by atoms with van der Waals surface area (Å²) in [5.74, 6) is 0. The summed E-state index contributed by atoms with van der Waals surface area (Å²) in [5, 5.41) is 6.75. The minimum Gasteiger partial charge on any atom is -0.276 e. The van der Waals surface area contributed by atoms with Crippen molar-refractivity contribution in [1.29, 1.82) is 0 Å². The van der Waals surface area contributed by atoms with E-state index in [4.69, 9.17) is 0 Å². The average molecular weight is 177 g/mol. The maximum absolute atomic E-state index is 4.36. The lowest BCUT2D eigenvalue weighted by Crippen LogP contribution is -1.84. The fraction of sp³-hybridized carbons (Fsp3) is 0.400. The molecule has 0 aliphatic heterocycles. The topological polar surface area (TPSA) is 41.6 Å². The van der Waals surface area contributed by atoms with E-state index in [1.54, 1.807) is 6.20 Å². The van der Waals surface area contributed by atoms with Gasteiger partial charge in [-0.25, -0.2) is 4.98 Å². The van der Waals surface area contributed by atoms with Gasteiger partial charge in [0.2, 0.25) is 0 Å². The molecule has 70 valence electrons. The predicted octanol–water partition coefficient (Wildman–Crippen LogP) is 2.55. The first-order valence-electron chi connectivity index (χ1n) is 4.69. The van der Waals surface area contributed by atoms with Crippen molar-refractivity contribution in [2.24, 2.45) is 0 Å². The molecule has 2 aromatic heterocycles. The van der Waals surface area contributed by atoms with E-state index in [0.717, 1.165) is 23.1 Å². The molecule has 0 amide bonds. The molecule has 0 saturated heterocycles. The minimum atomic E-state index is 0.948. The van der Waals surface area contributed by atoms with Gasteiger partial charge in [0, 0.05) is 5.69 Å². The van der Waals surface area contributed by atoms with Crippen LogP contribution < -0.4 is 0 Å². The minimum absolute atomic E-state index is 0.948. The van der Waals surface area contributed by atoms with E-state index >= 15 is 0 Å². The largest absolute Gasteiger partial charge is 0.276 e. The molecule has 0 bridgehead atoms. The van der Waals surface area contributed by atoms with Gasteiger partial charge in [-0.2, -0.15) is 5.10 Å². The van der Waals surface area contributed by atoms with E-state index in [2.05, 4.69) is 22.1 Å². The van der Waals surface area contributed by atoms with Gasteiger partial charge in [-0.05, 0) is 18.6 Å².